The fourth-order valence-electron chi connectivity index (χ4n) is 3.22. The molecule has 4 atom stereocenters. The number of nitrogens with two attached hydrogens (primary N) is 1. The van der Waals surface area contributed by atoms with E-state index in [1.807, 2.05) is 24.5 Å². The van der Waals surface area contributed by atoms with E-state index < -0.39 is 18.1 Å². The highest BCUT2D eigenvalue weighted by Gasteiger charge is 2.55. The number of fused-ring (bicyclic) bond motifs is 2. The Hall–Kier alpha value is -1.74. The van der Waals surface area contributed by atoms with E-state index in [9.17, 15) is 5.11 Å². The molecule has 4 heterocycles. The van der Waals surface area contributed by atoms with Gasteiger partial charge in [-0.25, -0.2) is 9.97 Å². The monoisotopic (exact) mass is 306 g/mol. The van der Waals surface area contributed by atoms with E-state index in [-0.39, 0.29) is 18.8 Å². The van der Waals surface area contributed by atoms with Crippen LogP contribution < -0.4 is 5.73 Å². The third-order valence-electron chi connectivity index (χ3n) is 4.10. The summed E-state index contributed by atoms with van der Waals surface area (Å²) in [6, 6.07) is 1.82. The summed E-state index contributed by atoms with van der Waals surface area (Å²) in [6.45, 7) is 3.57. The van der Waals surface area contributed by atoms with Crippen LogP contribution in [0.15, 0.2) is 18.6 Å². The predicted molar refractivity (Wildman–Crippen MR) is 76.8 cm³/mol. The van der Waals surface area contributed by atoms with Gasteiger partial charge in [0.2, 0.25) is 0 Å². The molecule has 4 rings (SSSR count). The second kappa shape index (κ2) is 4.63. The normalized spacial score (nSPS) is 33.4. The zero-order valence-corrected chi connectivity index (χ0v) is 12.3. The lowest BCUT2D eigenvalue weighted by atomic mass is 10.1. The number of hydrogen-bond donors (Lipinski definition) is 2. The molecular weight excluding hydrogens is 288 g/mol. The van der Waals surface area contributed by atoms with Crippen molar-refractivity contribution >= 4 is 16.9 Å². The van der Waals surface area contributed by atoms with E-state index in [0.717, 1.165) is 5.52 Å². The minimum atomic E-state index is -0.707. The van der Waals surface area contributed by atoms with Gasteiger partial charge in [0.25, 0.3) is 0 Å². The topological polar surface area (TPSA) is 105 Å². The van der Waals surface area contributed by atoms with Crippen LogP contribution in [-0.2, 0) is 14.2 Å². The van der Waals surface area contributed by atoms with Gasteiger partial charge in [0.15, 0.2) is 17.8 Å². The van der Waals surface area contributed by atoms with Gasteiger partial charge in [0.05, 0.1) is 18.5 Å². The molecule has 8 heteroatoms. The second-order valence-electron chi connectivity index (χ2n) is 6.03. The van der Waals surface area contributed by atoms with Gasteiger partial charge in [0, 0.05) is 6.20 Å². The van der Waals surface area contributed by atoms with Crippen LogP contribution in [0.5, 0.6) is 0 Å². The number of aromatic nitrogens is 3. The van der Waals surface area contributed by atoms with E-state index in [1.165, 1.54) is 0 Å². The molecule has 0 saturated carbocycles. The number of hydrogen-bond acceptors (Lipinski definition) is 7. The van der Waals surface area contributed by atoms with Gasteiger partial charge in [0.1, 0.15) is 23.8 Å². The second-order valence-corrected chi connectivity index (χ2v) is 6.03. The molecule has 0 amide bonds. The first-order chi connectivity index (χ1) is 10.5. The SMILES string of the molecule is CC1(C)O[C@@H]2[C@H](O1)[C@@H](CO)O[C@H]2n1cnc2c(N)nccc21. The number of nitrogen functional groups attached to an aromatic ring is 1. The third kappa shape index (κ3) is 1.92. The zero-order chi connectivity index (χ0) is 15.5. The molecule has 22 heavy (non-hydrogen) atoms. The molecule has 0 bridgehead atoms. The van der Waals surface area contributed by atoms with Crippen LogP contribution in [0.2, 0.25) is 0 Å². The molecule has 8 nitrogen and oxygen atoms in total. The molecule has 0 radical (unpaired) electrons. The number of nitrogens with zero attached hydrogens (tertiary/aromatic N) is 3. The lowest BCUT2D eigenvalue weighted by Crippen LogP contribution is -2.31. The number of aliphatic hydroxyl groups excluding tert-OH is 1. The van der Waals surface area contributed by atoms with Gasteiger partial charge in [-0.15, -0.1) is 0 Å². The molecule has 2 fully saturated rings. The molecule has 3 N–H and O–H groups in total. The minimum absolute atomic E-state index is 0.132. The summed E-state index contributed by atoms with van der Waals surface area (Å²) < 4.78 is 19.6. The molecule has 2 aliphatic rings. The van der Waals surface area contributed by atoms with E-state index in [4.69, 9.17) is 19.9 Å². The summed E-state index contributed by atoms with van der Waals surface area (Å²) in [6.07, 6.45) is 1.77. The highest BCUT2D eigenvalue weighted by Crippen LogP contribution is 2.43. The van der Waals surface area contributed by atoms with Crippen molar-refractivity contribution in [3.63, 3.8) is 0 Å². The molecule has 0 aliphatic carbocycles. The average molecular weight is 306 g/mol. The fourth-order valence-corrected chi connectivity index (χ4v) is 3.22. The third-order valence-corrected chi connectivity index (χ3v) is 4.10. The summed E-state index contributed by atoms with van der Waals surface area (Å²) in [5, 5.41) is 9.54. The van der Waals surface area contributed by atoms with E-state index >= 15 is 0 Å². The maximum atomic E-state index is 9.54. The summed E-state index contributed by atoms with van der Waals surface area (Å²) in [7, 11) is 0. The van der Waals surface area contributed by atoms with Gasteiger partial charge < -0.3 is 29.6 Å². The van der Waals surface area contributed by atoms with Crippen molar-refractivity contribution in [3.8, 4) is 0 Å². The Bertz CT molecular complexity index is 716. The van der Waals surface area contributed by atoms with E-state index in [1.54, 1.807) is 12.5 Å². The fraction of sp³-hybridized carbons (Fsp3) is 0.571. The van der Waals surface area contributed by atoms with Crippen molar-refractivity contribution in [3.05, 3.63) is 18.6 Å². The molecule has 2 aromatic heterocycles. The van der Waals surface area contributed by atoms with Crippen LogP contribution in [0.25, 0.3) is 11.0 Å². The van der Waals surface area contributed by atoms with Crippen LogP contribution >= 0.6 is 0 Å². The smallest absolute Gasteiger partial charge is 0.165 e. The number of ether oxygens (including phenoxy) is 3. The van der Waals surface area contributed by atoms with Crippen LogP contribution in [0.3, 0.4) is 0 Å². The van der Waals surface area contributed by atoms with Gasteiger partial charge in [-0.1, -0.05) is 0 Å². The molecule has 0 aromatic carbocycles. The molecule has 118 valence electrons. The Morgan fingerprint density at radius 2 is 2.09 bits per heavy atom. The van der Waals surface area contributed by atoms with Gasteiger partial charge in [-0.2, -0.15) is 0 Å². The summed E-state index contributed by atoms with van der Waals surface area (Å²) in [5.41, 5.74) is 7.28. The molecule has 0 spiro atoms. The molecule has 2 saturated heterocycles. The number of aliphatic hydroxyl groups is 1. The number of imidazole rings is 1. The van der Waals surface area contributed by atoms with E-state index in [2.05, 4.69) is 9.97 Å². The predicted octanol–water partition coefficient (Wildman–Crippen LogP) is 0.423. The minimum Gasteiger partial charge on any atom is -0.394 e. The highest BCUT2D eigenvalue weighted by atomic mass is 16.8. The first kappa shape index (κ1) is 13.9. The quantitative estimate of drug-likeness (QED) is 0.828. The molecule has 2 aliphatic heterocycles. The molecular formula is C14H18N4O4. The molecule has 0 unspecified atom stereocenters. The van der Waals surface area contributed by atoms with E-state index in [0.29, 0.717) is 11.3 Å². The Labute approximate surface area is 126 Å². The maximum Gasteiger partial charge on any atom is 0.165 e. The average Bonchev–Trinajstić information content (AvgIpc) is 3.10. The van der Waals surface area contributed by atoms with Gasteiger partial charge in [-0.3, -0.25) is 0 Å². The van der Waals surface area contributed by atoms with Gasteiger partial charge in [-0.05, 0) is 19.9 Å². The van der Waals surface area contributed by atoms with Crippen molar-refractivity contribution in [2.45, 2.75) is 44.2 Å². The van der Waals surface area contributed by atoms with Crippen molar-refractivity contribution in [1.29, 1.82) is 0 Å². The first-order valence-corrected chi connectivity index (χ1v) is 7.19. The maximum absolute atomic E-state index is 9.54. The van der Waals surface area contributed by atoms with Crippen LogP contribution in [-0.4, -0.2) is 50.3 Å². The van der Waals surface area contributed by atoms with Gasteiger partial charge >= 0.3 is 0 Å². The Kier molecular flexibility index (Phi) is 2.92. The Morgan fingerprint density at radius 3 is 2.86 bits per heavy atom. The Morgan fingerprint density at radius 1 is 1.32 bits per heavy atom. The van der Waals surface area contributed by atoms with Crippen molar-refractivity contribution in [2.75, 3.05) is 12.3 Å². The first-order valence-electron chi connectivity index (χ1n) is 7.19. The van der Waals surface area contributed by atoms with Crippen molar-refractivity contribution < 1.29 is 19.3 Å². The summed E-state index contributed by atoms with van der Waals surface area (Å²) in [5.74, 6) is -0.338. The number of pyridine rings is 1. The van der Waals surface area contributed by atoms with Crippen molar-refractivity contribution in [1.82, 2.24) is 14.5 Å². The van der Waals surface area contributed by atoms with Crippen LogP contribution in [0.1, 0.15) is 20.1 Å². The lowest BCUT2D eigenvalue weighted by molar-refractivity contribution is -0.199. The number of anilines is 1. The molecule has 2 aromatic rings. The Balaban J connectivity index is 1.77. The summed E-state index contributed by atoms with van der Waals surface area (Å²) >= 11 is 0. The summed E-state index contributed by atoms with van der Waals surface area (Å²) in [4.78, 5) is 8.33. The number of rotatable bonds is 2. The standard InChI is InChI=1S/C14H18N4O4/c1-14(2)21-10-8(5-19)20-13(11(10)22-14)18-6-17-9-7(18)3-4-16-12(9)15/h3-4,6,8,10-11,13,19H,5H2,1-2H3,(H2,15,16)/t8-,10-,11-,13-/m1/s1. The lowest BCUT2D eigenvalue weighted by Gasteiger charge is -2.24. The highest BCUT2D eigenvalue weighted by molar-refractivity contribution is 5.84. The largest absolute Gasteiger partial charge is 0.394 e. The van der Waals surface area contributed by atoms with Crippen LogP contribution in [0, 0.1) is 0 Å². The zero-order valence-electron chi connectivity index (χ0n) is 12.3. The van der Waals surface area contributed by atoms with Crippen molar-refractivity contribution in [2.24, 2.45) is 0 Å². The van der Waals surface area contributed by atoms with Crippen LogP contribution in [0.4, 0.5) is 5.82 Å².